The lowest BCUT2D eigenvalue weighted by molar-refractivity contribution is 0.0281. The number of benzene rings is 1. The highest BCUT2D eigenvalue weighted by Gasteiger charge is 2.27. The number of methoxy groups -OCH3 is 1. The Morgan fingerprint density at radius 2 is 2.00 bits per heavy atom. The second-order valence-corrected chi connectivity index (χ2v) is 10.1. The van der Waals surface area contributed by atoms with Gasteiger partial charge in [0.05, 0.1) is 11.7 Å². The van der Waals surface area contributed by atoms with Crippen molar-refractivity contribution >= 4 is 21.6 Å². The lowest BCUT2D eigenvalue weighted by atomic mass is 10.0. The molecule has 1 aliphatic heterocycles. The van der Waals surface area contributed by atoms with Gasteiger partial charge in [0, 0.05) is 39.0 Å². The third-order valence-electron chi connectivity index (χ3n) is 5.71. The summed E-state index contributed by atoms with van der Waals surface area (Å²) in [5, 5.41) is 7.14. The first-order chi connectivity index (χ1) is 15.5. The molecule has 33 heavy (non-hydrogen) atoms. The van der Waals surface area contributed by atoms with Crippen molar-refractivity contribution in [3.63, 3.8) is 0 Å². The van der Waals surface area contributed by atoms with Crippen LogP contribution in [0.1, 0.15) is 35.7 Å². The van der Waals surface area contributed by atoms with Crippen LogP contribution in [-0.2, 0) is 14.8 Å². The lowest BCUT2D eigenvalue weighted by Gasteiger charge is -2.30. The van der Waals surface area contributed by atoms with Gasteiger partial charge in [-0.15, -0.1) is 0 Å². The minimum atomic E-state index is -3.96. The van der Waals surface area contributed by atoms with Crippen molar-refractivity contribution in [1.82, 2.24) is 15.4 Å². The quantitative estimate of drug-likeness (QED) is 0.683. The Balaban J connectivity index is 1.96. The number of aromatic nitrogens is 1. The number of fused-ring (bicyclic) bond motifs is 1. The van der Waals surface area contributed by atoms with Crippen molar-refractivity contribution < 1.29 is 27.2 Å². The summed E-state index contributed by atoms with van der Waals surface area (Å²) < 4.78 is 44.9. The topological polar surface area (TPSA) is 123 Å². The Kier molecular flexibility index (Phi) is 7.65. The summed E-state index contributed by atoms with van der Waals surface area (Å²) in [6.07, 6.45) is -0.163. The maximum Gasteiger partial charge on any atom is 0.267 e. The highest BCUT2D eigenvalue weighted by Crippen LogP contribution is 2.28. The molecule has 0 unspecified atom stereocenters. The van der Waals surface area contributed by atoms with Crippen molar-refractivity contribution in [3.8, 4) is 5.75 Å². The van der Waals surface area contributed by atoms with E-state index in [1.54, 1.807) is 38.1 Å². The van der Waals surface area contributed by atoms with E-state index in [0.717, 1.165) is 6.54 Å². The van der Waals surface area contributed by atoms with Gasteiger partial charge >= 0.3 is 0 Å². The number of rotatable bonds is 4. The smallest absolute Gasteiger partial charge is 0.267 e. The Morgan fingerprint density at radius 3 is 2.64 bits per heavy atom. The molecular weight excluding hydrogens is 448 g/mol. The van der Waals surface area contributed by atoms with Crippen LogP contribution in [0.5, 0.6) is 5.75 Å². The number of carbonyl (C=O) groups excluding carboxylic acids is 1. The molecule has 2 heterocycles. The lowest BCUT2D eigenvalue weighted by Crippen LogP contribution is -2.44. The molecule has 1 amide bonds. The molecule has 3 rings (SSSR count). The van der Waals surface area contributed by atoms with E-state index in [2.05, 4.69) is 22.1 Å². The van der Waals surface area contributed by atoms with Crippen LogP contribution < -0.4 is 14.8 Å². The van der Waals surface area contributed by atoms with E-state index >= 15 is 0 Å². The van der Waals surface area contributed by atoms with Crippen LogP contribution >= 0.6 is 0 Å². The number of anilines is 1. The van der Waals surface area contributed by atoms with E-state index < -0.39 is 10.0 Å². The number of nitrogens with zero attached hydrogens (tertiary/aromatic N) is 2. The third-order valence-corrected chi connectivity index (χ3v) is 7.34. The number of aryl methyl sites for hydroxylation is 2. The van der Waals surface area contributed by atoms with Gasteiger partial charge in [0.1, 0.15) is 18.1 Å². The number of sulfonamides is 1. The molecule has 0 aliphatic carbocycles. The second kappa shape index (κ2) is 10.1. The molecule has 0 saturated carbocycles. The van der Waals surface area contributed by atoms with Crippen LogP contribution in [0.15, 0.2) is 27.6 Å². The summed E-state index contributed by atoms with van der Waals surface area (Å²) in [6.45, 7) is 8.59. The largest absolute Gasteiger partial charge is 0.491 e. The summed E-state index contributed by atoms with van der Waals surface area (Å²) in [5.74, 6) is 0.439. The number of carbonyl (C=O) groups is 1. The van der Waals surface area contributed by atoms with Gasteiger partial charge in [-0.05, 0) is 44.9 Å². The maximum atomic E-state index is 13.3. The van der Waals surface area contributed by atoms with Crippen molar-refractivity contribution in [2.45, 2.75) is 44.7 Å². The fourth-order valence-corrected chi connectivity index (χ4v) is 5.17. The van der Waals surface area contributed by atoms with Gasteiger partial charge in [0.2, 0.25) is 0 Å². The summed E-state index contributed by atoms with van der Waals surface area (Å²) in [5.41, 5.74) is 0.743. The normalized spacial score (nSPS) is 22.7. The van der Waals surface area contributed by atoms with Crippen molar-refractivity contribution in [1.29, 1.82) is 0 Å². The number of ether oxygens (including phenoxy) is 2. The Labute approximate surface area is 194 Å². The van der Waals surface area contributed by atoms with Crippen LogP contribution in [0.4, 0.5) is 5.69 Å². The fraction of sp³-hybridized carbons (Fsp3) is 0.545. The summed E-state index contributed by atoms with van der Waals surface area (Å²) in [7, 11) is -0.639. The average Bonchev–Trinajstić information content (AvgIpc) is 3.11. The van der Waals surface area contributed by atoms with Gasteiger partial charge in [-0.1, -0.05) is 12.1 Å². The minimum absolute atomic E-state index is 0.0215. The molecule has 0 spiro atoms. The monoisotopic (exact) mass is 480 g/mol. The molecule has 2 N–H and O–H groups in total. The number of amides is 1. The first kappa shape index (κ1) is 25.0. The van der Waals surface area contributed by atoms with Gasteiger partial charge in [-0.2, -0.15) is 0 Å². The van der Waals surface area contributed by atoms with Crippen LogP contribution in [0.2, 0.25) is 0 Å². The zero-order valence-corrected chi connectivity index (χ0v) is 20.7. The van der Waals surface area contributed by atoms with E-state index in [4.69, 9.17) is 14.0 Å². The van der Waals surface area contributed by atoms with Crippen molar-refractivity contribution in [2.24, 2.45) is 5.92 Å². The van der Waals surface area contributed by atoms with Crippen LogP contribution in [0.3, 0.4) is 0 Å². The fourth-order valence-electron chi connectivity index (χ4n) is 3.79. The summed E-state index contributed by atoms with van der Waals surface area (Å²) in [6, 6.07) is 4.69. The van der Waals surface area contributed by atoms with Gasteiger partial charge in [0.25, 0.3) is 15.9 Å². The standard InChI is InChI=1S/C22H32N4O6S/c1-13-10-23-14(2)12-31-19-8-7-17(9-18(19)22(27)26(5)11-20(13)30-6)25-33(28,29)21-15(3)24-32-16(21)4/h7-9,13-14,20,23,25H,10-12H2,1-6H3/t13-,14-,20+/m1/s1. The number of nitrogens with one attached hydrogen (secondary N) is 2. The molecule has 10 nitrogen and oxygen atoms in total. The predicted molar refractivity (Wildman–Crippen MR) is 123 cm³/mol. The molecule has 182 valence electrons. The van der Waals surface area contributed by atoms with Gasteiger partial charge in [0.15, 0.2) is 10.7 Å². The minimum Gasteiger partial charge on any atom is -0.491 e. The first-order valence-corrected chi connectivity index (χ1v) is 12.3. The van der Waals surface area contributed by atoms with E-state index in [1.807, 2.05) is 6.92 Å². The summed E-state index contributed by atoms with van der Waals surface area (Å²) in [4.78, 5) is 14.9. The molecule has 11 heteroatoms. The molecule has 0 saturated heterocycles. The number of hydrogen-bond acceptors (Lipinski definition) is 8. The summed E-state index contributed by atoms with van der Waals surface area (Å²) >= 11 is 0. The van der Waals surface area contributed by atoms with E-state index in [9.17, 15) is 13.2 Å². The average molecular weight is 481 g/mol. The molecule has 3 atom stereocenters. The van der Waals surface area contributed by atoms with E-state index in [0.29, 0.717) is 18.9 Å². The molecule has 0 fully saturated rings. The van der Waals surface area contributed by atoms with Crippen LogP contribution in [-0.4, -0.2) is 70.4 Å². The highest BCUT2D eigenvalue weighted by molar-refractivity contribution is 7.92. The molecule has 1 aromatic carbocycles. The van der Waals surface area contributed by atoms with Gasteiger partial charge < -0.3 is 24.2 Å². The molecule has 1 aromatic heterocycles. The number of hydrogen-bond donors (Lipinski definition) is 2. The van der Waals surface area contributed by atoms with E-state index in [1.165, 1.54) is 13.0 Å². The Hall–Kier alpha value is -2.63. The SMILES string of the molecule is CO[C@H]1CN(C)C(=O)c2cc(NS(=O)(=O)c3c(C)noc3C)ccc2OC[C@@H](C)NC[C@H]1C. The zero-order chi connectivity index (χ0) is 24.3. The maximum absolute atomic E-state index is 13.3. The molecule has 1 aliphatic rings. The second-order valence-electron chi connectivity index (χ2n) is 8.53. The predicted octanol–water partition coefficient (Wildman–Crippen LogP) is 2.19. The third kappa shape index (κ3) is 5.66. The van der Waals surface area contributed by atoms with Crippen LogP contribution in [0.25, 0.3) is 0 Å². The van der Waals surface area contributed by atoms with Gasteiger partial charge in [-0.25, -0.2) is 8.42 Å². The molecule has 2 aromatic rings. The number of likely N-dealkylation sites (N-methyl/N-ethyl adjacent to an activating group) is 1. The van der Waals surface area contributed by atoms with Crippen molar-refractivity contribution in [3.05, 3.63) is 35.2 Å². The van der Waals surface area contributed by atoms with Gasteiger partial charge in [-0.3, -0.25) is 9.52 Å². The van der Waals surface area contributed by atoms with Crippen LogP contribution in [0, 0.1) is 19.8 Å². The molecular formula is C22H32N4O6S. The Bertz CT molecular complexity index is 1080. The van der Waals surface area contributed by atoms with Crippen molar-refractivity contribution in [2.75, 3.05) is 38.6 Å². The molecule has 0 radical (unpaired) electrons. The first-order valence-electron chi connectivity index (χ1n) is 10.8. The highest BCUT2D eigenvalue weighted by atomic mass is 32.2. The molecule has 0 bridgehead atoms. The van der Waals surface area contributed by atoms with E-state index in [-0.39, 0.29) is 51.6 Å². The zero-order valence-electron chi connectivity index (χ0n) is 19.8. The Morgan fingerprint density at radius 1 is 1.27 bits per heavy atom.